The molecule has 5 nitrogen and oxygen atoms in total. The Morgan fingerprint density at radius 1 is 1.52 bits per heavy atom. The summed E-state index contributed by atoms with van der Waals surface area (Å²) < 4.78 is 0. The summed E-state index contributed by atoms with van der Waals surface area (Å²) >= 11 is 0. The molecule has 2 heterocycles. The summed E-state index contributed by atoms with van der Waals surface area (Å²) in [5.74, 6) is 1.47. The molecule has 0 bridgehead atoms. The number of anilines is 1. The molecule has 1 aliphatic carbocycles. The van der Waals surface area contributed by atoms with Gasteiger partial charge in [-0.25, -0.2) is 4.98 Å². The van der Waals surface area contributed by atoms with Gasteiger partial charge in [0, 0.05) is 24.2 Å². The number of nitrogens with zero attached hydrogens (tertiary/aromatic N) is 3. The molecule has 5 heteroatoms. The summed E-state index contributed by atoms with van der Waals surface area (Å²) in [5.41, 5.74) is 0.772. The Kier molecular flexibility index (Phi) is 3.32. The van der Waals surface area contributed by atoms with Crippen molar-refractivity contribution in [3.8, 4) is 6.07 Å². The van der Waals surface area contributed by atoms with Gasteiger partial charge in [0.15, 0.2) is 0 Å². The van der Waals surface area contributed by atoms with Gasteiger partial charge in [-0.2, -0.15) is 5.26 Å². The molecule has 2 aliphatic rings. The van der Waals surface area contributed by atoms with Gasteiger partial charge in [0.25, 0.3) is 0 Å². The number of carbonyl (C=O) groups is 1. The zero-order valence-electron chi connectivity index (χ0n) is 12.5. The first kappa shape index (κ1) is 13.9. The first-order chi connectivity index (χ1) is 10.0. The molecule has 1 atom stereocenters. The molecule has 3 rings (SSSR count). The van der Waals surface area contributed by atoms with Crippen molar-refractivity contribution in [2.45, 2.75) is 32.7 Å². The van der Waals surface area contributed by atoms with E-state index in [1.54, 1.807) is 12.1 Å². The van der Waals surface area contributed by atoms with E-state index in [2.05, 4.69) is 24.1 Å². The molecule has 0 radical (unpaired) electrons. The molecule has 1 saturated carbocycles. The van der Waals surface area contributed by atoms with E-state index < -0.39 is 0 Å². The SMILES string of the molecule is CC1(C)CN(C(=O)CNc2ccc(C#N)cn2)C1C1CC1. The molecule has 21 heavy (non-hydrogen) atoms. The van der Waals surface area contributed by atoms with Crippen molar-refractivity contribution in [2.24, 2.45) is 11.3 Å². The third-order valence-electron chi connectivity index (χ3n) is 4.42. The zero-order chi connectivity index (χ0) is 15.0. The van der Waals surface area contributed by atoms with Gasteiger partial charge in [0.1, 0.15) is 11.9 Å². The highest BCUT2D eigenvalue weighted by Crippen LogP contribution is 2.49. The van der Waals surface area contributed by atoms with Crippen LogP contribution in [-0.2, 0) is 4.79 Å². The number of hydrogen-bond donors (Lipinski definition) is 1. The average molecular weight is 284 g/mol. The van der Waals surface area contributed by atoms with E-state index in [0.29, 0.717) is 23.3 Å². The second-order valence-electron chi connectivity index (χ2n) is 6.69. The van der Waals surface area contributed by atoms with Crippen molar-refractivity contribution in [2.75, 3.05) is 18.4 Å². The minimum absolute atomic E-state index is 0.136. The van der Waals surface area contributed by atoms with Crippen LogP contribution in [0.1, 0.15) is 32.3 Å². The second-order valence-corrected chi connectivity index (χ2v) is 6.69. The van der Waals surface area contributed by atoms with Gasteiger partial charge in [0.2, 0.25) is 5.91 Å². The Morgan fingerprint density at radius 2 is 2.29 bits per heavy atom. The van der Waals surface area contributed by atoms with Crippen molar-refractivity contribution in [3.05, 3.63) is 23.9 Å². The van der Waals surface area contributed by atoms with Crippen molar-refractivity contribution < 1.29 is 4.79 Å². The maximum atomic E-state index is 12.3. The molecular formula is C16H20N4O. The normalized spacial score (nSPS) is 23.1. The predicted octanol–water partition coefficient (Wildman–Crippen LogP) is 2.01. The van der Waals surface area contributed by atoms with E-state index in [9.17, 15) is 4.79 Å². The van der Waals surface area contributed by atoms with Gasteiger partial charge in [-0.1, -0.05) is 13.8 Å². The largest absolute Gasteiger partial charge is 0.361 e. The van der Waals surface area contributed by atoms with Gasteiger partial charge >= 0.3 is 0 Å². The molecule has 0 aromatic carbocycles. The maximum absolute atomic E-state index is 12.3. The van der Waals surface area contributed by atoms with Crippen molar-refractivity contribution in [1.29, 1.82) is 5.26 Å². The predicted molar refractivity (Wildman–Crippen MR) is 79.4 cm³/mol. The first-order valence-corrected chi connectivity index (χ1v) is 7.41. The molecular weight excluding hydrogens is 264 g/mol. The van der Waals surface area contributed by atoms with E-state index in [-0.39, 0.29) is 17.9 Å². The Hall–Kier alpha value is -2.09. The number of pyridine rings is 1. The van der Waals surface area contributed by atoms with Crippen LogP contribution in [0.15, 0.2) is 18.3 Å². The fourth-order valence-corrected chi connectivity index (χ4v) is 3.32. The number of carbonyl (C=O) groups excluding carboxylic acids is 1. The minimum Gasteiger partial charge on any atom is -0.361 e. The minimum atomic E-state index is 0.136. The van der Waals surface area contributed by atoms with E-state index in [1.807, 2.05) is 11.0 Å². The lowest BCUT2D eigenvalue weighted by Crippen LogP contribution is -2.65. The quantitative estimate of drug-likeness (QED) is 0.918. The van der Waals surface area contributed by atoms with Crippen LogP contribution < -0.4 is 5.32 Å². The Bertz CT molecular complexity index is 583. The molecule has 1 aromatic rings. The summed E-state index contributed by atoms with van der Waals surface area (Å²) in [6, 6.07) is 5.85. The second kappa shape index (κ2) is 5.03. The van der Waals surface area contributed by atoms with Crippen LogP contribution in [-0.4, -0.2) is 34.9 Å². The lowest BCUT2D eigenvalue weighted by atomic mass is 9.72. The monoisotopic (exact) mass is 284 g/mol. The fourth-order valence-electron chi connectivity index (χ4n) is 3.32. The molecule has 2 fully saturated rings. The van der Waals surface area contributed by atoms with Crippen LogP contribution in [0, 0.1) is 22.7 Å². The van der Waals surface area contributed by atoms with Crippen molar-refractivity contribution in [1.82, 2.24) is 9.88 Å². The third kappa shape index (κ3) is 2.71. The van der Waals surface area contributed by atoms with Crippen LogP contribution in [0.4, 0.5) is 5.82 Å². The van der Waals surface area contributed by atoms with Crippen LogP contribution in [0.25, 0.3) is 0 Å². The number of nitrogens with one attached hydrogen (secondary N) is 1. The lowest BCUT2D eigenvalue weighted by molar-refractivity contribution is -0.151. The maximum Gasteiger partial charge on any atom is 0.242 e. The van der Waals surface area contributed by atoms with Crippen LogP contribution in [0.2, 0.25) is 0 Å². The van der Waals surface area contributed by atoms with Crippen molar-refractivity contribution in [3.63, 3.8) is 0 Å². The average Bonchev–Trinajstić information content (AvgIpc) is 3.27. The number of rotatable bonds is 4. The molecule has 1 aliphatic heterocycles. The summed E-state index contributed by atoms with van der Waals surface area (Å²) in [6.45, 7) is 5.60. The molecule has 1 unspecified atom stereocenters. The van der Waals surface area contributed by atoms with Gasteiger partial charge in [0.05, 0.1) is 12.1 Å². The van der Waals surface area contributed by atoms with Crippen molar-refractivity contribution >= 4 is 11.7 Å². The van der Waals surface area contributed by atoms with Crippen LogP contribution >= 0.6 is 0 Å². The standard InChI is InChI=1S/C16H20N4O/c1-16(2)10-20(15(16)12-4-5-12)14(21)9-19-13-6-3-11(7-17)8-18-13/h3,6,8,12,15H,4-5,9-10H2,1-2H3,(H,18,19). The first-order valence-electron chi connectivity index (χ1n) is 7.41. The Balaban J connectivity index is 1.56. The van der Waals surface area contributed by atoms with E-state index in [4.69, 9.17) is 5.26 Å². The smallest absolute Gasteiger partial charge is 0.242 e. The summed E-state index contributed by atoms with van der Waals surface area (Å²) in [4.78, 5) is 18.5. The Labute approximate surface area is 125 Å². The summed E-state index contributed by atoms with van der Waals surface area (Å²) in [5, 5.41) is 11.8. The van der Waals surface area contributed by atoms with Gasteiger partial charge in [-0.3, -0.25) is 4.79 Å². The van der Waals surface area contributed by atoms with E-state index >= 15 is 0 Å². The highest BCUT2D eigenvalue weighted by molar-refractivity contribution is 5.82. The number of aromatic nitrogens is 1. The number of nitriles is 1. The summed E-state index contributed by atoms with van der Waals surface area (Å²) in [6.07, 6.45) is 4.01. The lowest BCUT2D eigenvalue weighted by Gasteiger charge is -2.55. The highest BCUT2D eigenvalue weighted by atomic mass is 16.2. The Morgan fingerprint density at radius 3 is 2.81 bits per heavy atom. The molecule has 1 saturated heterocycles. The fraction of sp³-hybridized carbons (Fsp3) is 0.562. The van der Waals surface area contributed by atoms with Gasteiger partial charge in [-0.05, 0) is 30.9 Å². The molecule has 1 N–H and O–H groups in total. The van der Waals surface area contributed by atoms with Gasteiger partial charge in [-0.15, -0.1) is 0 Å². The highest BCUT2D eigenvalue weighted by Gasteiger charge is 2.54. The summed E-state index contributed by atoms with van der Waals surface area (Å²) in [7, 11) is 0. The third-order valence-corrected chi connectivity index (χ3v) is 4.42. The van der Waals surface area contributed by atoms with E-state index in [1.165, 1.54) is 19.0 Å². The zero-order valence-corrected chi connectivity index (χ0v) is 12.5. The van der Waals surface area contributed by atoms with Crippen LogP contribution in [0.5, 0.6) is 0 Å². The number of likely N-dealkylation sites (tertiary alicyclic amines) is 1. The number of hydrogen-bond acceptors (Lipinski definition) is 4. The van der Waals surface area contributed by atoms with E-state index in [0.717, 1.165) is 6.54 Å². The molecule has 0 spiro atoms. The van der Waals surface area contributed by atoms with Crippen LogP contribution in [0.3, 0.4) is 0 Å². The van der Waals surface area contributed by atoms with Gasteiger partial charge < -0.3 is 10.2 Å². The molecule has 1 amide bonds. The topological polar surface area (TPSA) is 69.0 Å². The number of amides is 1. The molecule has 1 aromatic heterocycles. The molecule has 110 valence electrons.